The van der Waals surface area contributed by atoms with Crippen LogP contribution in [0, 0.1) is 0 Å². The Balaban J connectivity index is 1.43. The van der Waals surface area contributed by atoms with Crippen LogP contribution in [0.1, 0.15) is 24.0 Å². The summed E-state index contributed by atoms with van der Waals surface area (Å²) in [5.41, 5.74) is 1.79. The molecule has 0 fully saturated rings. The van der Waals surface area contributed by atoms with Crippen LogP contribution in [-0.2, 0) is 14.3 Å². The van der Waals surface area contributed by atoms with E-state index in [9.17, 15) is 9.59 Å². The normalized spacial score (nSPS) is 13.4. The number of fused-ring (bicyclic) bond motifs is 1. The van der Waals surface area contributed by atoms with Crippen LogP contribution in [0.4, 0.5) is 0 Å². The molecule has 1 heterocycles. The zero-order chi connectivity index (χ0) is 19.9. The minimum Gasteiger partial charge on any atom is -0.454 e. The van der Waals surface area contributed by atoms with Crippen molar-refractivity contribution in [2.45, 2.75) is 12.8 Å². The molecule has 0 aromatic heterocycles. The average molecular weight is 402 g/mol. The van der Waals surface area contributed by atoms with Crippen molar-refractivity contribution in [3.63, 3.8) is 0 Å². The van der Waals surface area contributed by atoms with Crippen molar-refractivity contribution in [2.75, 3.05) is 19.9 Å². The maximum Gasteiger partial charge on any atom is 0.331 e. The minimum absolute atomic E-state index is 0.113. The van der Waals surface area contributed by atoms with Crippen LogP contribution < -0.4 is 14.8 Å². The Morgan fingerprint density at radius 3 is 2.82 bits per heavy atom. The molecule has 0 aliphatic carbocycles. The first-order valence-corrected chi connectivity index (χ1v) is 9.16. The summed E-state index contributed by atoms with van der Waals surface area (Å²) in [6.45, 7) is 2.25. The van der Waals surface area contributed by atoms with E-state index in [0.717, 1.165) is 5.56 Å². The van der Waals surface area contributed by atoms with E-state index in [4.69, 9.17) is 25.8 Å². The van der Waals surface area contributed by atoms with Gasteiger partial charge in [-0.15, -0.1) is 0 Å². The van der Waals surface area contributed by atoms with Crippen molar-refractivity contribution < 1.29 is 23.8 Å². The van der Waals surface area contributed by atoms with Crippen molar-refractivity contribution in [3.05, 3.63) is 64.7 Å². The topological polar surface area (TPSA) is 73.9 Å². The summed E-state index contributed by atoms with van der Waals surface area (Å²) in [5.74, 6) is 0.197. The Morgan fingerprint density at radius 2 is 2.04 bits per heavy atom. The lowest BCUT2D eigenvalue weighted by atomic mass is 10.0. The number of hydrogen-bond donors (Lipinski definition) is 1. The van der Waals surface area contributed by atoms with E-state index in [1.165, 1.54) is 12.2 Å². The fourth-order valence-corrected chi connectivity index (χ4v) is 2.92. The monoisotopic (exact) mass is 401 g/mol. The third kappa shape index (κ3) is 5.27. The molecule has 1 atom stereocenters. The second-order valence-corrected chi connectivity index (χ2v) is 6.70. The molecule has 0 radical (unpaired) electrons. The van der Waals surface area contributed by atoms with Crippen molar-refractivity contribution >= 4 is 29.6 Å². The van der Waals surface area contributed by atoms with Crippen molar-refractivity contribution in [2.24, 2.45) is 0 Å². The van der Waals surface area contributed by atoms with Crippen LogP contribution in [0.5, 0.6) is 11.5 Å². The number of carbonyl (C=O) groups excluding carboxylic acids is 2. The van der Waals surface area contributed by atoms with Crippen molar-refractivity contribution in [1.29, 1.82) is 0 Å². The largest absolute Gasteiger partial charge is 0.454 e. The number of carbonyl (C=O) groups is 2. The summed E-state index contributed by atoms with van der Waals surface area (Å²) in [4.78, 5) is 23.7. The molecule has 1 amide bonds. The van der Waals surface area contributed by atoms with Crippen molar-refractivity contribution in [3.8, 4) is 11.5 Å². The Kier molecular flexibility index (Phi) is 6.55. The van der Waals surface area contributed by atoms with E-state index in [2.05, 4.69) is 5.32 Å². The molecular formula is C21H20ClNO5. The maximum absolute atomic E-state index is 11.9. The first-order chi connectivity index (χ1) is 13.5. The highest BCUT2D eigenvalue weighted by molar-refractivity contribution is 6.32. The van der Waals surface area contributed by atoms with Gasteiger partial charge in [-0.25, -0.2) is 4.79 Å². The Hall–Kier alpha value is -2.99. The Labute approximate surface area is 168 Å². The van der Waals surface area contributed by atoms with E-state index in [0.29, 0.717) is 28.6 Å². The van der Waals surface area contributed by atoms with Gasteiger partial charge in [0.2, 0.25) is 6.79 Å². The van der Waals surface area contributed by atoms with E-state index >= 15 is 0 Å². The second-order valence-electron chi connectivity index (χ2n) is 6.29. The molecule has 1 N–H and O–H groups in total. The highest BCUT2D eigenvalue weighted by Gasteiger charge is 2.17. The smallest absolute Gasteiger partial charge is 0.331 e. The molecule has 6 nitrogen and oxygen atoms in total. The number of nitrogens with one attached hydrogen (secondary N) is 1. The van der Waals surface area contributed by atoms with Crippen LogP contribution in [0.2, 0.25) is 5.02 Å². The number of ether oxygens (including phenoxy) is 3. The second kappa shape index (κ2) is 9.28. The van der Waals surface area contributed by atoms with Gasteiger partial charge in [-0.2, -0.15) is 0 Å². The van der Waals surface area contributed by atoms with Gasteiger partial charge in [-0.3, -0.25) is 4.79 Å². The molecular weight excluding hydrogens is 382 g/mol. The molecule has 2 aromatic rings. The molecule has 3 rings (SSSR count). The number of amides is 1. The van der Waals surface area contributed by atoms with Crippen LogP contribution >= 0.6 is 11.6 Å². The van der Waals surface area contributed by atoms with Crippen molar-refractivity contribution in [1.82, 2.24) is 5.32 Å². The van der Waals surface area contributed by atoms with Crippen LogP contribution in [0.15, 0.2) is 48.5 Å². The molecule has 1 aliphatic heterocycles. The van der Waals surface area contributed by atoms with Gasteiger partial charge in [0.25, 0.3) is 5.91 Å². The van der Waals surface area contributed by atoms with Gasteiger partial charge in [-0.1, -0.05) is 48.9 Å². The quantitative estimate of drug-likeness (QED) is 0.567. The van der Waals surface area contributed by atoms with Crippen LogP contribution in [0.3, 0.4) is 0 Å². The fraction of sp³-hybridized carbons (Fsp3) is 0.238. The van der Waals surface area contributed by atoms with Gasteiger partial charge in [0, 0.05) is 12.6 Å². The number of rotatable bonds is 7. The predicted octanol–water partition coefficient (Wildman–Crippen LogP) is 3.55. The number of hydrogen-bond acceptors (Lipinski definition) is 5. The Bertz CT molecular complexity index is 882. The SMILES string of the molecule is C[C@@H](CNC(=O)COC(=O)/C=C/c1cc(Cl)c2c(c1)OCO2)c1ccccc1. The molecule has 146 valence electrons. The zero-order valence-corrected chi connectivity index (χ0v) is 16.1. The van der Waals surface area contributed by atoms with Gasteiger partial charge in [0.15, 0.2) is 18.1 Å². The van der Waals surface area contributed by atoms with Gasteiger partial charge in [0.1, 0.15) is 0 Å². The van der Waals surface area contributed by atoms with Crippen LogP contribution in [-0.4, -0.2) is 31.8 Å². The summed E-state index contributed by atoms with van der Waals surface area (Å²) < 4.78 is 15.5. The molecule has 7 heteroatoms. The summed E-state index contributed by atoms with van der Waals surface area (Å²) in [5, 5.41) is 3.16. The van der Waals surface area contributed by atoms with Gasteiger partial charge < -0.3 is 19.5 Å². The van der Waals surface area contributed by atoms with Crippen LogP contribution in [0.25, 0.3) is 6.08 Å². The molecule has 0 saturated carbocycles. The molecule has 0 bridgehead atoms. The van der Waals surface area contributed by atoms with Gasteiger partial charge >= 0.3 is 5.97 Å². The number of benzene rings is 2. The maximum atomic E-state index is 11.9. The van der Waals surface area contributed by atoms with E-state index in [1.807, 2.05) is 37.3 Å². The third-order valence-electron chi connectivity index (χ3n) is 4.18. The van der Waals surface area contributed by atoms with E-state index in [-0.39, 0.29) is 25.2 Å². The highest BCUT2D eigenvalue weighted by Crippen LogP contribution is 2.40. The minimum atomic E-state index is -0.625. The summed E-state index contributed by atoms with van der Waals surface area (Å²) in [6, 6.07) is 13.2. The Morgan fingerprint density at radius 1 is 1.25 bits per heavy atom. The molecule has 2 aromatic carbocycles. The lowest BCUT2D eigenvalue weighted by Crippen LogP contribution is -2.31. The first kappa shape index (κ1) is 19.8. The summed E-state index contributed by atoms with van der Waals surface area (Å²) in [7, 11) is 0. The molecule has 0 spiro atoms. The molecule has 0 unspecified atom stereocenters. The van der Waals surface area contributed by atoms with Gasteiger partial charge in [0.05, 0.1) is 5.02 Å². The summed E-state index contributed by atoms with van der Waals surface area (Å²) in [6.07, 6.45) is 2.76. The molecule has 28 heavy (non-hydrogen) atoms. The number of esters is 1. The fourth-order valence-electron chi connectivity index (χ4n) is 2.65. The average Bonchev–Trinajstić information content (AvgIpc) is 3.19. The lowest BCUT2D eigenvalue weighted by molar-refractivity contribution is -0.143. The highest BCUT2D eigenvalue weighted by atomic mass is 35.5. The lowest BCUT2D eigenvalue weighted by Gasteiger charge is -2.12. The predicted molar refractivity (Wildman–Crippen MR) is 105 cm³/mol. The third-order valence-corrected chi connectivity index (χ3v) is 4.46. The molecule has 1 aliphatic rings. The first-order valence-electron chi connectivity index (χ1n) is 8.78. The van der Waals surface area contributed by atoms with E-state index in [1.54, 1.807) is 12.1 Å². The number of halogens is 1. The molecule has 0 saturated heterocycles. The van der Waals surface area contributed by atoms with E-state index < -0.39 is 5.97 Å². The summed E-state index contributed by atoms with van der Waals surface area (Å²) >= 11 is 6.09. The zero-order valence-electron chi connectivity index (χ0n) is 15.3. The standard InChI is InChI=1S/C21H20ClNO5/c1-14(16-5-3-2-4-6-16)11-23-19(24)12-26-20(25)8-7-15-9-17(22)21-18(10-15)27-13-28-21/h2-10,14H,11-13H2,1H3,(H,23,24)/b8-7+/t14-/m0/s1. The van der Waals surface area contributed by atoms with Gasteiger partial charge in [-0.05, 0) is 35.3 Å².